The molecule has 0 fully saturated rings. The first-order valence-electron chi connectivity index (χ1n) is 11.2. The van der Waals surface area contributed by atoms with Crippen molar-refractivity contribution in [1.82, 2.24) is 0 Å². The summed E-state index contributed by atoms with van der Waals surface area (Å²) in [4.78, 5) is 10.0. The van der Waals surface area contributed by atoms with Gasteiger partial charge in [-0.2, -0.15) is 0 Å². The molecule has 2 aliphatic rings. The Hall–Kier alpha value is -1.06. The van der Waals surface area contributed by atoms with Crippen molar-refractivity contribution in [3.05, 3.63) is 0 Å². The van der Waals surface area contributed by atoms with Crippen molar-refractivity contribution in [3.8, 4) is 0 Å². The minimum absolute atomic E-state index is 0.150. The van der Waals surface area contributed by atoms with Crippen LogP contribution >= 0.6 is 0 Å². The Labute approximate surface area is 167 Å². The van der Waals surface area contributed by atoms with Gasteiger partial charge in [0.25, 0.3) is 0 Å². The van der Waals surface area contributed by atoms with E-state index in [-0.39, 0.29) is 23.3 Å². The van der Waals surface area contributed by atoms with Crippen LogP contribution in [-0.4, -0.2) is 35.1 Å². The van der Waals surface area contributed by atoms with E-state index in [4.69, 9.17) is 19.5 Å². The van der Waals surface area contributed by atoms with E-state index in [0.717, 1.165) is 50.3 Å². The van der Waals surface area contributed by atoms with Gasteiger partial charge in [-0.1, -0.05) is 55.4 Å². The van der Waals surface area contributed by atoms with Crippen LogP contribution in [0.25, 0.3) is 0 Å². The van der Waals surface area contributed by atoms with Gasteiger partial charge in [0.15, 0.2) is 11.8 Å². The lowest BCUT2D eigenvalue weighted by molar-refractivity contribution is 0.0335. The third-order valence-electron chi connectivity index (χ3n) is 6.54. The maximum absolute atomic E-state index is 6.46. The Kier molecular flexibility index (Phi) is 7.38. The van der Waals surface area contributed by atoms with Gasteiger partial charge in [-0.25, -0.2) is 9.98 Å². The molecule has 2 aliphatic heterocycles. The molecule has 0 unspecified atom stereocenters. The Bertz CT molecular complexity index is 495. The second-order valence-corrected chi connectivity index (χ2v) is 9.26. The summed E-state index contributed by atoms with van der Waals surface area (Å²) < 4.78 is 12.9. The highest BCUT2D eigenvalue weighted by molar-refractivity contribution is 5.99. The molecule has 0 radical (unpaired) electrons. The maximum atomic E-state index is 6.46. The molecule has 0 saturated carbocycles. The number of rotatable bonds is 10. The van der Waals surface area contributed by atoms with E-state index in [2.05, 4.69) is 55.4 Å². The molecule has 2 atom stereocenters. The lowest BCUT2D eigenvalue weighted by Crippen LogP contribution is -2.40. The van der Waals surface area contributed by atoms with E-state index in [0.29, 0.717) is 18.3 Å². The zero-order valence-corrected chi connectivity index (χ0v) is 19.0. The van der Waals surface area contributed by atoms with E-state index in [1.54, 1.807) is 0 Å². The predicted octanol–water partition coefficient (Wildman–Crippen LogP) is 6.18. The molecule has 156 valence electrons. The Balaban J connectivity index is 2.18. The Morgan fingerprint density at radius 1 is 0.704 bits per heavy atom. The summed E-state index contributed by atoms with van der Waals surface area (Å²) >= 11 is 0. The van der Waals surface area contributed by atoms with Gasteiger partial charge in [-0.15, -0.1) is 0 Å². The molecule has 0 bridgehead atoms. The first-order valence-corrected chi connectivity index (χ1v) is 11.2. The molecular formula is C23H42N2O2. The molecule has 0 aliphatic carbocycles. The third kappa shape index (κ3) is 4.68. The van der Waals surface area contributed by atoms with Crippen LogP contribution in [0.5, 0.6) is 0 Å². The van der Waals surface area contributed by atoms with Crippen molar-refractivity contribution < 1.29 is 9.47 Å². The number of nitrogens with zero attached hydrogens (tertiary/aromatic N) is 2. The van der Waals surface area contributed by atoms with Crippen LogP contribution < -0.4 is 0 Å². The third-order valence-corrected chi connectivity index (χ3v) is 6.54. The summed E-state index contributed by atoms with van der Waals surface area (Å²) in [5, 5.41) is 0. The molecule has 4 nitrogen and oxygen atoms in total. The normalized spacial score (nSPS) is 26.1. The molecule has 27 heavy (non-hydrogen) atoms. The van der Waals surface area contributed by atoms with Crippen molar-refractivity contribution >= 4 is 11.8 Å². The van der Waals surface area contributed by atoms with Crippen molar-refractivity contribution in [2.45, 2.75) is 124 Å². The average molecular weight is 379 g/mol. The maximum Gasteiger partial charge on any atom is 0.193 e. The predicted molar refractivity (Wildman–Crippen MR) is 115 cm³/mol. The van der Waals surface area contributed by atoms with Crippen molar-refractivity contribution in [3.63, 3.8) is 0 Å². The van der Waals surface area contributed by atoms with Crippen molar-refractivity contribution in [1.29, 1.82) is 0 Å². The van der Waals surface area contributed by atoms with E-state index < -0.39 is 0 Å². The zero-order chi connectivity index (χ0) is 20.2. The highest BCUT2D eigenvalue weighted by Gasteiger charge is 2.47. The van der Waals surface area contributed by atoms with E-state index in [1.165, 1.54) is 0 Å². The monoisotopic (exact) mass is 378 g/mol. The minimum Gasteiger partial charge on any atom is -0.472 e. The fourth-order valence-electron chi connectivity index (χ4n) is 4.69. The van der Waals surface area contributed by atoms with Crippen LogP contribution in [-0.2, 0) is 9.47 Å². The van der Waals surface area contributed by atoms with Gasteiger partial charge in [0.1, 0.15) is 11.2 Å². The molecule has 2 rings (SSSR count). The first-order chi connectivity index (χ1) is 12.7. The molecular weight excluding hydrogens is 336 g/mol. The van der Waals surface area contributed by atoms with Gasteiger partial charge >= 0.3 is 0 Å². The standard InChI is InChI=1S/C23H42N2O2/c1-9-22(10-2)18(13-16(5)6)24-20(26-22)15-21-25-19(14-17(7)8)23(11-3,12-4)27-21/h16-19H,9-15H2,1-8H3/t18-,19-/m1/s1. The summed E-state index contributed by atoms with van der Waals surface area (Å²) in [5.41, 5.74) is -0.300. The molecule has 0 N–H and O–H groups in total. The highest BCUT2D eigenvalue weighted by atomic mass is 16.5. The van der Waals surface area contributed by atoms with Crippen LogP contribution in [0.3, 0.4) is 0 Å². The van der Waals surface area contributed by atoms with Gasteiger partial charge in [-0.3, -0.25) is 0 Å². The number of hydrogen-bond donors (Lipinski definition) is 0. The molecule has 0 aromatic rings. The van der Waals surface area contributed by atoms with Crippen LogP contribution in [0.1, 0.15) is 100 Å². The summed E-state index contributed by atoms with van der Waals surface area (Å²) in [6.45, 7) is 17.9. The van der Waals surface area contributed by atoms with Gasteiger partial charge in [0, 0.05) is 0 Å². The smallest absolute Gasteiger partial charge is 0.193 e. The van der Waals surface area contributed by atoms with Crippen LogP contribution in [0.4, 0.5) is 0 Å². The molecule has 0 spiro atoms. The molecule has 0 aromatic carbocycles. The number of hydrogen-bond acceptors (Lipinski definition) is 4. The van der Waals surface area contributed by atoms with E-state index >= 15 is 0 Å². The van der Waals surface area contributed by atoms with E-state index in [1.807, 2.05) is 0 Å². The summed E-state index contributed by atoms with van der Waals surface area (Å²) in [5.74, 6) is 2.88. The second-order valence-electron chi connectivity index (χ2n) is 9.26. The second kappa shape index (κ2) is 8.96. The fourth-order valence-corrected chi connectivity index (χ4v) is 4.69. The quantitative estimate of drug-likeness (QED) is 0.455. The van der Waals surface area contributed by atoms with Crippen LogP contribution in [0, 0.1) is 11.8 Å². The van der Waals surface area contributed by atoms with Crippen LogP contribution in [0.15, 0.2) is 9.98 Å². The SMILES string of the molecule is CCC1(CC)OC(CC2=N[C@H](CC(C)C)C(CC)(CC)O2)=N[C@@H]1CC(C)C. The van der Waals surface area contributed by atoms with Gasteiger partial charge in [-0.05, 0) is 50.4 Å². The van der Waals surface area contributed by atoms with Crippen molar-refractivity contribution in [2.75, 3.05) is 0 Å². The lowest BCUT2D eigenvalue weighted by Gasteiger charge is -2.33. The molecule has 4 heteroatoms. The number of aliphatic imine (C=N–C) groups is 2. The minimum atomic E-state index is -0.150. The average Bonchev–Trinajstić information content (AvgIpc) is 3.12. The summed E-state index contributed by atoms with van der Waals surface area (Å²) in [6, 6.07) is 0.496. The largest absolute Gasteiger partial charge is 0.472 e. The highest BCUT2D eigenvalue weighted by Crippen LogP contribution is 2.39. The lowest BCUT2D eigenvalue weighted by atomic mass is 9.84. The molecule has 2 heterocycles. The fraction of sp³-hybridized carbons (Fsp3) is 0.913. The molecule has 0 amide bonds. The topological polar surface area (TPSA) is 43.2 Å². The van der Waals surface area contributed by atoms with Crippen molar-refractivity contribution in [2.24, 2.45) is 21.8 Å². The van der Waals surface area contributed by atoms with Gasteiger partial charge in [0.05, 0.1) is 18.5 Å². The van der Waals surface area contributed by atoms with E-state index in [9.17, 15) is 0 Å². The molecule has 0 aromatic heterocycles. The zero-order valence-electron chi connectivity index (χ0n) is 19.0. The van der Waals surface area contributed by atoms with Gasteiger partial charge in [0.2, 0.25) is 0 Å². The van der Waals surface area contributed by atoms with Crippen LogP contribution in [0.2, 0.25) is 0 Å². The first kappa shape index (κ1) is 22.2. The Morgan fingerprint density at radius 3 is 1.30 bits per heavy atom. The number of ether oxygens (including phenoxy) is 2. The molecule has 0 saturated heterocycles. The summed E-state index contributed by atoms with van der Waals surface area (Å²) in [7, 11) is 0. The van der Waals surface area contributed by atoms with Gasteiger partial charge < -0.3 is 9.47 Å². The summed E-state index contributed by atoms with van der Waals surface area (Å²) in [6.07, 6.45) is 6.71. The Morgan fingerprint density at radius 2 is 1.04 bits per heavy atom.